The van der Waals surface area contributed by atoms with Crippen LogP contribution in [0.4, 0.5) is 0 Å². The first-order valence-electron chi connectivity index (χ1n) is 6.40. The summed E-state index contributed by atoms with van der Waals surface area (Å²) in [4.78, 5) is 16.6. The molecule has 2 aromatic rings. The summed E-state index contributed by atoms with van der Waals surface area (Å²) in [6, 6.07) is 7.32. The number of rotatable bonds is 4. The van der Waals surface area contributed by atoms with Crippen molar-refractivity contribution in [2.45, 2.75) is 26.9 Å². The van der Waals surface area contributed by atoms with Crippen molar-refractivity contribution in [3.8, 4) is 5.75 Å². The minimum absolute atomic E-state index is 0.0505. The molecule has 3 nitrogen and oxygen atoms in total. The van der Waals surface area contributed by atoms with Crippen LogP contribution in [0.5, 0.6) is 5.75 Å². The summed E-state index contributed by atoms with van der Waals surface area (Å²) in [6.07, 6.45) is 3.23. The zero-order valence-electron chi connectivity index (χ0n) is 11.7. The Hall–Kier alpha value is -1.68. The van der Waals surface area contributed by atoms with Crippen LogP contribution in [0.2, 0.25) is 0 Å². The van der Waals surface area contributed by atoms with E-state index in [4.69, 9.17) is 4.74 Å². The van der Waals surface area contributed by atoms with Crippen LogP contribution < -0.4 is 4.74 Å². The number of pyridine rings is 1. The van der Waals surface area contributed by atoms with Gasteiger partial charge >= 0.3 is 0 Å². The molecule has 20 heavy (non-hydrogen) atoms. The van der Waals surface area contributed by atoms with Gasteiger partial charge in [0.1, 0.15) is 5.75 Å². The fraction of sp³-hybridized carbons (Fsp3) is 0.250. The van der Waals surface area contributed by atoms with Gasteiger partial charge in [-0.2, -0.15) is 0 Å². The van der Waals surface area contributed by atoms with Gasteiger partial charge in [0.2, 0.25) is 0 Å². The average molecular weight is 334 g/mol. The first-order chi connectivity index (χ1) is 9.49. The molecule has 0 aliphatic rings. The maximum atomic E-state index is 12.5. The average Bonchev–Trinajstić information content (AvgIpc) is 2.41. The number of carbonyl (C=O) groups is 1. The summed E-state index contributed by atoms with van der Waals surface area (Å²) < 4.78 is 6.49. The minimum atomic E-state index is -0.0505. The van der Waals surface area contributed by atoms with E-state index in [0.717, 1.165) is 10.0 Å². The molecular formula is C16H16BrNO2. The van der Waals surface area contributed by atoms with Crippen molar-refractivity contribution in [3.63, 3.8) is 0 Å². The molecule has 0 bridgehead atoms. The zero-order chi connectivity index (χ0) is 14.7. The number of nitrogens with zero attached hydrogens (tertiary/aromatic N) is 1. The van der Waals surface area contributed by atoms with Crippen LogP contribution in [0.25, 0.3) is 0 Å². The highest BCUT2D eigenvalue weighted by Crippen LogP contribution is 2.23. The standard InChI is InChI=1S/C16H16BrNO2/c1-10(2)20-13-7-12(8-18-9-13)16(19)14-5-4-6-15(17)11(14)3/h4-10H,1-3H3. The first-order valence-corrected chi connectivity index (χ1v) is 7.20. The van der Waals surface area contributed by atoms with Gasteiger partial charge in [0.05, 0.1) is 12.3 Å². The number of carbonyl (C=O) groups excluding carboxylic acids is 1. The van der Waals surface area contributed by atoms with Gasteiger partial charge in [0.25, 0.3) is 0 Å². The molecule has 1 aromatic carbocycles. The Labute approximate surface area is 127 Å². The molecule has 0 saturated heterocycles. The summed E-state index contributed by atoms with van der Waals surface area (Å²) in [7, 11) is 0. The molecule has 0 atom stereocenters. The van der Waals surface area contributed by atoms with E-state index in [1.807, 2.05) is 39.0 Å². The Kier molecular flexibility index (Phi) is 4.55. The fourth-order valence-electron chi connectivity index (χ4n) is 1.89. The van der Waals surface area contributed by atoms with Crippen LogP contribution >= 0.6 is 15.9 Å². The Morgan fingerprint density at radius 1 is 1.30 bits per heavy atom. The van der Waals surface area contributed by atoms with Gasteiger partial charge in [-0.25, -0.2) is 0 Å². The lowest BCUT2D eigenvalue weighted by Crippen LogP contribution is -2.08. The van der Waals surface area contributed by atoms with Crippen LogP contribution in [0.15, 0.2) is 41.1 Å². The van der Waals surface area contributed by atoms with Crippen LogP contribution in [0.1, 0.15) is 35.3 Å². The van der Waals surface area contributed by atoms with Gasteiger partial charge in [-0.1, -0.05) is 28.1 Å². The van der Waals surface area contributed by atoms with E-state index in [2.05, 4.69) is 20.9 Å². The van der Waals surface area contributed by atoms with Crippen LogP contribution in [0.3, 0.4) is 0 Å². The van der Waals surface area contributed by atoms with E-state index >= 15 is 0 Å². The molecule has 0 radical (unpaired) electrons. The minimum Gasteiger partial charge on any atom is -0.489 e. The summed E-state index contributed by atoms with van der Waals surface area (Å²) in [6.45, 7) is 5.79. The quantitative estimate of drug-likeness (QED) is 0.788. The molecule has 0 spiro atoms. The van der Waals surface area contributed by atoms with Crippen molar-refractivity contribution < 1.29 is 9.53 Å². The van der Waals surface area contributed by atoms with Crippen molar-refractivity contribution in [2.24, 2.45) is 0 Å². The SMILES string of the molecule is Cc1c(Br)cccc1C(=O)c1cncc(OC(C)C)c1. The third kappa shape index (κ3) is 3.25. The summed E-state index contributed by atoms with van der Waals surface area (Å²) in [5, 5.41) is 0. The molecule has 1 heterocycles. The van der Waals surface area contributed by atoms with Crippen molar-refractivity contribution >= 4 is 21.7 Å². The van der Waals surface area contributed by atoms with Crippen molar-refractivity contribution in [1.82, 2.24) is 4.98 Å². The highest BCUT2D eigenvalue weighted by Gasteiger charge is 2.14. The first kappa shape index (κ1) is 14.7. The summed E-state index contributed by atoms with van der Waals surface area (Å²) in [5.41, 5.74) is 2.12. The molecule has 0 aliphatic carbocycles. The predicted molar refractivity (Wildman–Crippen MR) is 82.3 cm³/mol. The topological polar surface area (TPSA) is 39.2 Å². The third-order valence-corrected chi connectivity index (χ3v) is 3.72. The lowest BCUT2D eigenvalue weighted by atomic mass is 10.0. The second-order valence-corrected chi connectivity index (χ2v) is 5.67. The number of halogens is 1. The summed E-state index contributed by atoms with van der Waals surface area (Å²) in [5.74, 6) is 0.559. The number of benzene rings is 1. The van der Waals surface area contributed by atoms with Gasteiger partial charge in [0.15, 0.2) is 5.78 Å². The van der Waals surface area contributed by atoms with E-state index in [-0.39, 0.29) is 11.9 Å². The number of ether oxygens (including phenoxy) is 1. The van der Waals surface area contributed by atoms with Crippen molar-refractivity contribution in [3.05, 3.63) is 57.8 Å². The van der Waals surface area contributed by atoms with Crippen LogP contribution in [-0.2, 0) is 0 Å². The number of aromatic nitrogens is 1. The lowest BCUT2D eigenvalue weighted by molar-refractivity contribution is 0.103. The van der Waals surface area contributed by atoms with Gasteiger partial charge in [-0.15, -0.1) is 0 Å². The number of hydrogen-bond donors (Lipinski definition) is 0. The lowest BCUT2D eigenvalue weighted by Gasteiger charge is -2.11. The highest BCUT2D eigenvalue weighted by molar-refractivity contribution is 9.10. The molecule has 0 N–H and O–H groups in total. The molecule has 104 valence electrons. The van der Waals surface area contributed by atoms with E-state index in [0.29, 0.717) is 16.9 Å². The molecule has 2 rings (SSSR count). The summed E-state index contributed by atoms with van der Waals surface area (Å²) >= 11 is 3.44. The largest absolute Gasteiger partial charge is 0.489 e. The van der Waals surface area contributed by atoms with E-state index < -0.39 is 0 Å². The van der Waals surface area contributed by atoms with Gasteiger partial charge in [0, 0.05) is 21.8 Å². The Bertz CT molecular complexity index is 638. The Balaban J connectivity index is 2.36. The van der Waals surface area contributed by atoms with Gasteiger partial charge in [-0.3, -0.25) is 9.78 Å². The third-order valence-electron chi connectivity index (χ3n) is 2.86. The van der Waals surface area contributed by atoms with E-state index in [1.165, 1.54) is 0 Å². The molecular weight excluding hydrogens is 318 g/mol. The maximum absolute atomic E-state index is 12.5. The number of ketones is 1. The number of hydrogen-bond acceptors (Lipinski definition) is 3. The predicted octanol–water partition coefficient (Wildman–Crippen LogP) is 4.17. The van der Waals surface area contributed by atoms with Crippen LogP contribution in [-0.4, -0.2) is 16.9 Å². The smallest absolute Gasteiger partial charge is 0.195 e. The molecule has 0 amide bonds. The fourth-order valence-corrected chi connectivity index (χ4v) is 2.25. The normalized spacial score (nSPS) is 10.7. The van der Waals surface area contributed by atoms with Crippen molar-refractivity contribution in [2.75, 3.05) is 0 Å². The van der Waals surface area contributed by atoms with E-state index in [1.54, 1.807) is 18.5 Å². The molecule has 0 fully saturated rings. The van der Waals surface area contributed by atoms with Crippen LogP contribution in [0, 0.1) is 6.92 Å². The Morgan fingerprint density at radius 2 is 2.05 bits per heavy atom. The molecule has 4 heteroatoms. The molecule has 0 saturated carbocycles. The van der Waals surface area contributed by atoms with E-state index in [9.17, 15) is 4.79 Å². The second kappa shape index (κ2) is 6.18. The van der Waals surface area contributed by atoms with Gasteiger partial charge < -0.3 is 4.74 Å². The molecule has 0 unspecified atom stereocenters. The Morgan fingerprint density at radius 3 is 2.75 bits per heavy atom. The zero-order valence-corrected chi connectivity index (χ0v) is 13.3. The highest BCUT2D eigenvalue weighted by atomic mass is 79.9. The molecule has 1 aromatic heterocycles. The second-order valence-electron chi connectivity index (χ2n) is 4.82. The van der Waals surface area contributed by atoms with Gasteiger partial charge in [-0.05, 0) is 38.5 Å². The molecule has 0 aliphatic heterocycles. The van der Waals surface area contributed by atoms with Crippen molar-refractivity contribution in [1.29, 1.82) is 0 Å². The monoisotopic (exact) mass is 333 g/mol. The maximum Gasteiger partial charge on any atom is 0.195 e.